The predicted molar refractivity (Wildman–Crippen MR) is 95.7 cm³/mol. The minimum Gasteiger partial charge on any atom is -0.423 e. The van der Waals surface area contributed by atoms with Crippen LogP contribution in [0.3, 0.4) is 0 Å². The second-order valence-corrected chi connectivity index (χ2v) is 6.71. The number of fused-ring (bicyclic) bond motifs is 1. The van der Waals surface area contributed by atoms with Crippen molar-refractivity contribution in [3.8, 4) is 0 Å². The van der Waals surface area contributed by atoms with E-state index in [0.29, 0.717) is 12.6 Å². The first-order valence-electron chi connectivity index (χ1n) is 8.00. The van der Waals surface area contributed by atoms with Crippen molar-refractivity contribution in [3.63, 3.8) is 0 Å². The summed E-state index contributed by atoms with van der Waals surface area (Å²) in [5, 5.41) is 8.55. The summed E-state index contributed by atoms with van der Waals surface area (Å²) in [6, 6.07) is 12.2. The molecule has 2 aromatic heterocycles. The average Bonchev–Trinajstić information content (AvgIpc) is 3.32. The van der Waals surface area contributed by atoms with Gasteiger partial charge in [-0.3, -0.25) is 5.32 Å². The molecule has 0 bridgehead atoms. The largest absolute Gasteiger partial charge is 0.423 e. The highest BCUT2D eigenvalue weighted by Crippen LogP contribution is 2.28. The number of nitrogens with one attached hydrogen (secondary N) is 2. The van der Waals surface area contributed by atoms with E-state index >= 15 is 0 Å². The highest BCUT2D eigenvalue weighted by atomic mass is 32.1. The molecule has 1 aromatic carbocycles. The van der Waals surface area contributed by atoms with Crippen LogP contribution in [0.2, 0.25) is 0 Å². The number of carbonyl (C=O) groups is 1. The Hall–Kier alpha value is -2.54. The Kier molecular flexibility index (Phi) is 4.08. The Bertz CT molecular complexity index is 797. The number of hydrogen-bond donors (Lipinski definition) is 2. The van der Waals surface area contributed by atoms with Crippen LogP contribution >= 0.6 is 11.3 Å². The first-order chi connectivity index (χ1) is 11.8. The maximum Gasteiger partial charge on any atom is 0.319 e. The van der Waals surface area contributed by atoms with Gasteiger partial charge in [0.05, 0.1) is 11.0 Å². The third-order valence-corrected chi connectivity index (χ3v) is 4.95. The van der Waals surface area contributed by atoms with Gasteiger partial charge in [0.1, 0.15) is 5.52 Å². The molecule has 0 spiro atoms. The lowest BCUT2D eigenvalue weighted by Gasteiger charge is -2.23. The molecule has 3 aromatic rings. The van der Waals surface area contributed by atoms with Gasteiger partial charge in [0.25, 0.3) is 6.01 Å². The molecule has 1 aliphatic heterocycles. The van der Waals surface area contributed by atoms with Gasteiger partial charge in [-0.15, -0.1) is 11.3 Å². The molecule has 1 fully saturated rings. The van der Waals surface area contributed by atoms with E-state index in [4.69, 9.17) is 4.42 Å². The quantitative estimate of drug-likeness (QED) is 0.759. The molecular formula is C17H18N4O2S. The van der Waals surface area contributed by atoms with Gasteiger partial charge in [0, 0.05) is 13.1 Å². The summed E-state index contributed by atoms with van der Waals surface area (Å²) in [7, 11) is 0. The van der Waals surface area contributed by atoms with Crippen LogP contribution in [-0.4, -0.2) is 30.1 Å². The van der Waals surface area contributed by atoms with Gasteiger partial charge in [-0.1, -0.05) is 12.1 Å². The normalized spacial score (nSPS) is 17.3. The fraction of sp³-hybridized carbons (Fsp3) is 0.294. The Morgan fingerprint density at radius 3 is 3.08 bits per heavy atom. The third-order valence-electron chi connectivity index (χ3n) is 4.16. The molecule has 1 atom stereocenters. The zero-order valence-corrected chi connectivity index (χ0v) is 13.9. The predicted octanol–water partition coefficient (Wildman–Crippen LogP) is 3.68. The van der Waals surface area contributed by atoms with E-state index in [1.807, 2.05) is 41.8 Å². The van der Waals surface area contributed by atoms with Gasteiger partial charge in [-0.05, 0) is 42.5 Å². The summed E-state index contributed by atoms with van der Waals surface area (Å²) >= 11 is 1.50. The zero-order valence-electron chi connectivity index (χ0n) is 13.1. The van der Waals surface area contributed by atoms with Crippen molar-refractivity contribution >= 4 is 39.5 Å². The summed E-state index contributed by atoms with van der Waals surface area (Å²) in [6.45, 7) is 1.46. The number of oxazole rings is 1. The van der Waals surface area contributed by atoms with Gasteiger partial charge in [0.15, 0.2) is 5.58 Å². The Labute approximate surface area is 143 Å². The second-order valence-electron chi connectivity index (χ2n) is 5.77. The first kappa shape index (κ1) is 15.0. The van der Waals surface area contributed by atoms with Crippen molar-refractivity contribution in [2.45, 2.75) is 18.9 Å². The van der Waals surface area contributed by atoms with Gasteiger partial charge < -0.3 is 14.6 Å². The molecule has 0 radical (unpaired) electrons. The maximum absolute atomic E-state index is 12.0. The molecule has 1 unspecified atom stereocenters. The highest BCUT2D eigenvalue weighted by Gasteiger charge is 2.28. The first-order valence-corrected chi connectivity index (χ1v) is 8.88. The van der Waals surface area contributed by atoms with Crippen molar-refractivity contribution in [1.29, 1.82) is 0 Å². The van der Waals surface area contributed by atoms with E-state index in [9.17, 15) is 4.79 Å². The fourth-order valence-corrected chi connectivity index (χ4v) is 3.61. The molecule has 124 valence electrons. The number of thiophene rings is 1. The summed E-state index contributed by atoms with van der Waals surface area (Å²) < 4.78 is 5.86. The number of aromatic nitrogens is 1. The fourth-order valence-electron chi connectivity index (χ4n) is 3.00. The molecule has 7 heteroatoms. The smallest absolute Gasteiger partial charge is 0.319 e. The third kappa shape index (κ3) is 3.07. The summed E-state index contributed by atoms with van der Waals surface area (Å²) in [5.41, 5.74) is 1.66. The van der Waals surface area contributed by atoms with Gasteiger partial charge in [-0.25, -0.2) is 4.79 Å². The topological polar surface area (TPSA) is 70.4 Å². The number of urea groups is 1. The molecule has 2 amide bonds. The minimum atomic E-state index is -0.179. The molecule has 6 nitrogen and oxygen atoms in total. The van der Waals surface area contributed by atoms with Crippen molar-refractivity contribution in [3.05, 3.63) is 41.8 Å². The average molecular weight is 342 g/mol. The number of hydrogen-bond acceptors (Lipinski definition) is 5. The number of anilines is 2. The van der Waals surface area contributed by atoms with Crippen molar-refractivity contribution in [2.75, 3.05) is 23.3 Å². The van der Waals surface area contributed by atoms with Crippen LogP contribution in [0, 0.1) is 0 Å². The standard InChI is InChI=1S/C17H18N4O2S/c22-16(20-15-8-4-10-24-15)18-11-12-5-3-9-21(12)17-19-13-6-1-2-7-14(13)23-17/h1-2,4,6-8,10,12H,3,5,9,11H2,(H2,18,20,22). The molecule has 0 aliphatic carbocycles. The van der Waals surface area contributed by atoms with E-state index in [-0.39, 0.29) is 12.1 Å². The molecule has 3 heterocycles. The van der Waals surface area contributed by atoms with Crippen molar-refractivity contribution in [1.82, 2.24) is 10.3 Å². The van der Waals surface area contributed by atoms with Crippen LogP contribution in [0.25, 0.3) is 11.1 Å². The molecule has 1 aliphatic rings. The lowest BCUT2D eigenvalue weighted by molar-refractivity contribution is 0.251. The number of para-hydroxylation sites is 2. The number of carbonyl (C=O) groups excluding carboxylic acids is 1. The van der Waals surface area contributed by atoms with Crippen LogP contribution in [0.5, 0.6) is 0 Å². The van der Waals surface area contributed by atoms with E-state index in [1.165, 1.54) is 11.3 Å². The van der Waals surface area contributed by atoms with Crippen LogP contribution in [0.1, 0.15) is 12.8 Å². The van der Waals surface area contributed by atoms with Gasteiger partial charge >= 0.3 is 6.03 Å². The molecule has 4 rings (SSSR count). The van der Waals surface area contributed by atoms with Crippen LogP contribution < -0.4 is 15.5 Å². The van der Waals surface area contributed by atoms with E-state index < -0.39 is 0 Å². The van der Waals surface area contributed by atoms with Crippen LogP contribution in [0.15, 0.2) is 46.2 Å². The molecule has 2 N–H and O–H groups in total. The van der Waals surface area contributed by atoms with Crippen molar-refractivity contribution < 1.29 is 9.21 Å². The molecule has 0 saturated carbocycles. The SMILES string of the molecule is O=C(NCC1CCCN1c1nc2ccccc2o1)Nc1cccs1. The minimum absolute atomic E-state index is 0.179. The number of nitrogens with zero attached hydrogens (tertiary/aromatic N) is 2. The molecule has 24 heavy (non-hydrogen) atoms. The molecular weight excluding hydrogens is 324 g/mol. The van der Waals surface area contributed by atoms with E-state index in [0.717, 1.165) is 35.5 Å². The summed E-state index contributed by atoms with van der Waals surface area (Å²) in [6.07, 6.45) is 2.08. The van der Waals surface area contributed by atoms with Gasteiger partial charge in [-0.2, -0.15) is 4.98 Å². The van der Waals surface area contributed by atoms with Crippen LogP contribution in [0.4, 0.5) is 15.8 Å². The number of amides is 2. The van der Waals surface area contributed by atoms with Crippen LogP contribution in [-0.2, 0) is 0 Å². The Morgan fingerprint density at radius 2 is 2.25 bits per heavy atom. The Morgan fingerprint density at radius 1 is 1.33 bits per heavy atom. The molecule has 1 saturated heterocycles. The number of benzene rings is 1. The lowest BCUT2D eigenvalue weighted by atomic mass is 10.2. The zero-order chi connectivity index (χ0) is 16.4. The Balaban J connectivity index is 1.40. The van der Waals surface area contributed by atoms with E-state index in [2.05, 4.69) is 20.5 Å². The maximum atomic E-state index is 12.0. The summed E-state index contributed by atoms with van der Waals surface area (Å²) in [5.74, 6) is 0. The van der Waals surface area contributed by atoms with Gasteiger partial charge in [0.2, 0.25) is 0 Å². The highest BCUT2D eigenvalue weighted by molar-refractivity contribution is 7.14. The van der Waals surface area contributed by atoms with Crippen molar-refractivity contribution in [2.24, 2.45) is 0 Å². The second kappa shape index (κ2) is 6.52. The summed E-state index contributed by atoms with van der Waals surface area (Å²) in [4.78, 5) is 18.7. The van der Waals surface area contributed by atoms with E-state index in [1.54, 1.807) is 0 Å². The monoisotopic (exact) mass is 342 g/mol. The number of rotatable bonds is 4. The lowest BCUT2D eigenvalue weighted by Crippen LogP contribution is -2.41.